The van der Waals surface area contributed by atoms with E-state index in [-0.39, 0.29) is 40.3 Å². The molecular weight excluding hydrogens is 453 g/mol. The average molecular weight is 480 g/mol. The first-order valence-electron chi connectivity index (χ1n) is 10.6. The van der Waals surface area contributed by atoms with Gasteiger partial charge in [0.05, 0.1) is 29.7 Å². The quantitative estimate of drug-likeness (QED) is 0.535. The van der Waals surface area contributed by atoms with Crippen molar-refractivity contribution in [3.63, 3.8) is 0 Å². The maximum Gasteiger partial charge on any atom is 0.275 e. The number of aromatic amines is 1. The van der Waals surface area contributed by atoms with E-state index in [1.54, 1.807) is 12.0 Å². The Kier molecular flexibility index (Phi) is 8.04. The third kappa shape index (κ3) is 5.69. The number of nitrogens with two attached hydrogens (primary N) is 1. The fraction of sp³-hybridized carbons (Fsp3) is 0.455. The molecule has 1 aliphatic carbocycles. The van der Waals surface area contributed by atoms with Gasteiger partial charge in [-0.05, 0) is 50.8 Å². The lowest BCUT2D eigenvalue weighted by molar-refractivity contribution is -0.121. The number of hydrogen-bond donors (Lipinski definition) is 3. The monoisotopic (exact) mass is 479 g/mol. The van der Waals surface area contributed by atoms with Gasteiger partial charge in [-0.15, -0.1) is 0 Å². The van der Waals surface area contributed by atoms with Crippen LogP contribution in [-0.4, -0.2) is 58.4 Å². The number of carbonyl (C=O) groups excluding carboxylic acids is 3. The summed E-state index contributed by atoms with van der Waals surface area (Å²) in [6.45, 7) is 2.15. The smallest absolute Gasteiger partial charge is 0.275 e. The highest BCUT2D eigenvalue weighted by Gasteiger charge is 2.36. The number of methoxy groups -OCH3 is 1. The van der Waals surface area contributed by atoms with E-state index in [4.69, 9.17) is 22.1 Å². The highest BCUT2D eigenvalue weighted by molar-refractivity contribution is 6.33. The van der Waals surface area contributed by atoms with E-state index in [0.29, 0.717) is 38.0 Å². The molecule has 3 rings (SSSR count). The van der Waals surface area contributed by atoms with Gasteiger partial charge in [-0.25, -0.2) is 9.37 Å². The molecular formula is C22H27ClFN5O4. The summed E-state index contributed by atoms with van der Waals surface area (Å²) in [6.07, 6.45) is 3.50. The molecule has 11 heteroatoms. The second kappa shape index (κ2) is 10.8. The number of nitrogens with zero attached hydrogens (tertiary/aromatic N) is 2. The molecule has 0 saturated heterocycles. The van der Waals surface area contributed by atoms with E-state index < -0.39 is 17.6 Å². The van der Waals surface area contributed by atoms with Gasteiger partial charge < -0.3 is 25.7 Å². The van der Waals surface area contributed by atoms with Gasteiger partial charge >= 0.3 is 0 Å². The standard InChI is InChI=1S/C22H27ClFN5O4/c1-12(10-33-2)29(22(32)19-18(20(25)30)26-11-27-19)15-6-3-13(4-7-15)21(31)28-17-8-5-14(24)9-16(17)23/h5,8-9,11-13,15H,3-4,6-7,10H2,1-2H3,(H2,25,30)(H,26,27)(H,28,31)/t12?,13-,15-. The Hall–Kier alpha value is -2.98. The van der Waals surface area contributed by atoms with Crippen molar-refractivity contribution in [3.05, 3.63) is 46.8 Å². The van der Waals surface area contributed by atoms with Crippen LogP contribution in [0, 0.1) is 11.7 Å². The molecule has 178 valence electrons. The maximum absolute atomic E-state index is 13.3. The molecule has 0 radical (unpaired) electrons. The molecule has 1 heterocycles. The Morgan fingerprint density at radius 2 is 2.03 bits per heavy atom. The van der Waals surface area contributed by atoms with Crippen molar-refractivity contribution in [1.82, 2.24) is 14.9 Å². The average Bonchev–Trinajstić information content (AvgIpc) is 3.27. The molecule has 33 heavy (non-hydrogen) atoms. The third-order valence-corrected chi connectivity index (χ3v) is 6.17. The van der Waals surface area contributed by atoms with Gasteiger partial charge in [-0.1, -0.05) is 11.6 Å². The molecule has 4 N–H and O–H groups in total. The molecule has 3 amide bonds. The van der Waals surface area contributed by atoms with E-state index >= 15 is 0 Å². The Morgan fingerprint density at radius 3 is 2.64 bits per heavy atom. The van der Waals surface area contributed by atoms with Crippen LogP contribution >= 0.6 is 11.6 Å². The summed E-state index contributed by atoms with van der Waals surface area (Å²) < 4.78 is 18.5. The molecule has 1 aliphatic rings. The Labute approximate surface area is 195 Å². The van der Waals surface area contributed by atoms with Crippen LogP contribution in [0.4, 0.5) is 10.1 Å². The fourth-order valence-electron chi connectivity index (χ4n) is 4.26. The predicted molar refractivity (Wildman–Crippen MR) is 120 cm³/mol. The van der Waals surface area contributed by atoms with Crippen molar-refractivity contribution < 1.29 is 23.5 Å². The lowest BCUT2D eigenvalue weighted by Gasteiger charge is -2.39. The Bertz CT molecular complexity index is 1020. The minimum absolute atomic E-state index is 0.0312. The highest BCUT2D eigenvalue weighted by atomic mass is 35.5. The van der Waals surface area contributed by atoms with Crippen molar-refractivity contribution in [2.75, 3.05) is 19.0 Å². The van der Waals surface area contributed by atoms with Gasteiger partial charge in [-0.2, -0.15) is 0 Å². The number of ether oxygens (including phenoxy) is 1. The molecule has 9 nitrogen and oxygen atoms in total. The van der Waals surface area contributed by atoms with Gasteiger partial charge in [0.2, 0.25) is 5.91 Å². The number of benzene rings is 1. The number of halogens is 2. The van der Waals surface area contributed by atoms with Gasteiger partial charge in [-0.3, -0.25) is 14.4 Å². The summed E-state index contributed by atoms with van der Waals surface area (Å²) in [6, 6.07) is 3.35. The lowest BCUT2D eigenvalue weighted by atomic mass is 9.84. The van der Waals surface area contributed by atoms with Crippen molar-refractivity contribution in [2.45, 2.75) is 44.7 Å². The first-order valence-corrected chi connectivity index (χ1v) is 11.0. The topological polar surface area (TPSA) is 130 Å². The molecule has 1 aromatic heterocycles. The summed E-state index contributed by atoms with van der Waals surface area (Å²) in [5, 5.41) is 2.89. The second-order valence-electron chi connectivity index (χ2n) is 8.13. The van der Waals surface area contributed by atoms with Crippen LogP contribution in [-0.2, 0) is 9.53 Å². The lowest BCUT2D eigenvalue weighted by Crippen LogP contribution is -2.50. The first-order chi connectivity index (χ1) is 15.7. The predicted octanol–water partition coefficient (Wildman–Crippen LogP) is 2.98. The van der Waals surface area contributed by atoms with Crippen LogP contribution in [0.15, 0.2) is 24.5 Å². The van der Waals surface area contributed by atoms with Gasteiger partial charge in [0.1, 0.15) is 11.5 Å². The first kappa shape index (κ1) is 24.7. The van der Waals surface area contributed by atoms with E-state index in [1.165, 1.54) is 18.5 Å². The molecule has 1 aromatic carbocycles. The van der Waals surface area contributed by atoms with Crippen molar-refractivity contribution in [3.8, 4) is 0 Å². The van der Waals surface area contributed by atoms with Crippen molar-refractivity contribution in [1.29, 1.82) is 0 Å². The number of H-pyrrole nitrogens is 1. The van der Waals surface area contributed by atoms with Gasteiger partial charge in [0.15, 0.2) is 5.69 Å². The van der Waals surface area contributed by atoms with Crippen molar-refractivity contribution in [2.24, 2.45) is 11.7 Å². The van der Waals surface area contributed by atoms with Crippen LogP contribution in [0.1, 0.15) is 53.6 Å². The third-order valence-electron chi connectivity index (χ3n) is 5.86. The number of carbonyl (C=O) groups is 3. The summed E-state index contributed by atoms with van der Waals surface area (Å²) in [5.41, 5.74) is 5.64. The van der Waals surface area contributed by atoms with Crippen LogP contribution in [0.3, 0.4) is 0 Å². The van der Waals surface area contributed by atoms with Crippen molar-refractivity contribution >= 4 is 35.0 Å². The summed E-state index contributed by atoms with van der Waals surface area (Å²) in [4.78, 5) is 46.0. The molecule has 0 spiro atoms. The number of amides is 3. The highest BCUT2D eigenvalue weighted by Crippen LogP contribution is 2.32. The minimum atomic E-state index is -0.768. The number of rotatable bonds is 8. The van der Waals surface area contributed by atoms with Crippen LogP contribution in [0.2, 0.25) is 5.02 Å². The Balaban J connectivity index is 1.70. The van der Waals surface area contributed by atoms with Crippen LogP contribution in [0.5, 0.6) is 0 Å². The minimum Gasteiger partial charge on any atom is -0.383 e. The normalized spacial score (nSPS) is 19.0. The zero-order chi connectivity index (χ0) is 24.1. The van der Waals surface area contributed by atoms with E-state index in [1.807, 2.05) is 6.92 Å². The van der Waals surface area contributed by atoms with Gasteiger partial charge in [0.25, 0.3) is 11.8 Å². The fourth-order valence-corrected chi connectivity index (χ4v) is 4.47. The SMILES string of the molecule is COCC(C)N(C(=O)c1nc[nH]c1C(N)=O)[C@H]1CC[C@H](C(=O)Nc2ccc(F)cc2Cl)CC1. The zero-order valence-electron chi connectivity index (χ0n) is 18.4. The zero-order valence-corrected chi connectivity index (χ0v) is 19.2. The number of hydrogen-bond acceptors (Lipinski definition) is 5. The van der Waals surface area contributed by atoms with Crippen LogP contribution < -0.4 is 11.1 Å². The Morgan fingerprint density at radius 1 is 1.33 bits per heavy atom. The summed E-state index contributed by atoms with van der Waals surface area (Å²) in [5.74, 6) is -2.14. The van der Waals surface area contributed by atoms with E-state index in [2.05, 4.69) is 15.3 Å². The number of primary amides is 1. The molecule has 2 aromatic rings. The van der Waals surface area contributed by atoms with E-state index in [9.17, 15) is 18.8 Å². The number of nitrogens with one attached hydrogen (secondary N) is 2. The molecule has 1 saturated carbocycles. The number of anilines is 1. The van der Waals surface area contributed by atoms with Crippen LogP contribution in [0.25, 0.3) is 0 Å². The molecule has 1 fully saturated rings. The number of imidazole rings is 1. The largest absolute Gasteiger partial charge is 0.383 e. The second-order valence-corrected chi connectivity index (χ2v) is 8.53. The van der Waals surface area contributed by atoms with Gasteiger partial charge in [0, 0.05) is 19.1 Å². The maximum atomic E-state index is 13.3. The summed E-state index contributed by atoms with van der Waals surface area (Å²) >= 11 is 6.01. The number of aromatic nitrogens is 2. The molecule has 1 unspecified atom stereocenters. The molecule has 1 atom stereocenters. The molecule has 0 bridgehead atoms. The molecule has 0 aliphatic heterocycles. The summed E-state index contributed by atoms with van der Waals surface area (Å²) in [7, 11) is 1.55. The van der Waals surface area contributed by atoms with E-state index in [0.717, 1.165) is 6.07 Å².